The number of aliphatic hydroxyl groups excluding tert-OH is 1. The van der Waals surface area contributed by atoms with Gasteiger partial charge in [0.2, 0.25) is 0 Å². The highest BCUT2D eigenvalue weighted by molar-refractivity contribution is 7.86. The van der Waals surface area contributed by atoms with E-state index in [1.165, 1.54) is 24.3 Å². The first-order valence-electron chi connectivity index (χ1n) is 7.27. The third-order valence-electron chi connectivity index (χ3n) is 3.73. The molecule has 2 aromatic carbocycles. The summed E-state index contributed by atoms with van der Waals surface area (Å²) in [5, 5.41) is 12.6. The Labute approximate surface area is 143 Å². The predicted molar refractivity (Wildman–Crippen MR) is 89.3 cm³/mol. The molecule has 1 heterocycles. The minimum absolute atomic E-state index is 0.0590. The van der Waals surface area contributed by atoms with E-state index in [2.05, 4.69) is 5.32 Å². The number of anilines is 1. The van der Waals surface area contributed by atoms with Crippen molar-refractivity contribution >= 4 is 38.4 Å². The minimum Gasteiger partial charge on any atom is -0.395 e. The van der Waals surface area contributed by atoms with Crippen molar-refractivity contribution in [1.29, 1.82) is 0 Å². The normalized spacial score (nSPS) is 15.0. The van der Waals surface area contributed by atoms with Crippen molar-refractivity contribution in [3.8, 4) is 0 Å². The van der Waals surface area contributed by atoms with Crippen molar-refractivity contribution < 1.29 is 27.7 Å². The second-order valence-corrected chi connectivity index (χ2v) is 6.76. The first-order valence-corrected chi connectivity index (χ1v) is 8.71. The van der Waals surface area contributed by atoms with Gasteiger partial charge in [0.15, 0.2) is 0 Å². The number of aliphatic hydroxyl groups is 1. The molecule has 2 aromatic rings. The Kier molecular flexibility index (Phi) is 4.29. The van der Waals surface area contributed by atoms with Crippen LogP contribution in [-0.4, -0.2) is 47.9 Å². The zero-order chi connectivity index (χ0) is 18.2. The van der Waals surface area contributed by atoms with E-state index >= 15 is 0 Å². The van der Waals surface area contributed by atoms with Crippen LogP contribution in [0.1, 0.15) is 0 Å². The molecule has 0 spiro atoms. The Bertz CT molecular complexity index is 1010. The average molecular weight is 362 g/mol. The summed E-state index contributed by atoms with van der Waals surface area (Å²) >= 11 is 0. The molecule has 1 aliphatic heterocycles. The topological polar surface area (TPSA) is 124 Å². The fourth-order valence-corrected chi connectivity index (χ4v) is 3.34. The fraction of sp³-hybridized carbons (Fsp3) is 0.125. The molecular weight excluding hydrogens is 348 g/mol. The maximum Gasteiger partial charge on any atom is 0.295 e. The summed E-state index contributed by atoms with van der Waals surface area (Å²) in [4.78, 5) is 24.5. The lowest BCUT2D eigenvalue weighted by molar-refractivity contribution is -0.137. The van der Waals surface area contributed by atoms with Crippen LogP contribution >= 0.6 is 0 Å². The summed E-state index contributed by atoms with van der Waals surface area (Å²) in [6, 6.07) is 9.06. The van der Waals surface area contributed by atoms with Crippen LogP contribution in [0.25, 0.3) is 10.8 Å². The molecule has 8 nitrogen and oxygen atoms in total. The van der Waals surface area contributed by atoms with Gasteiger partial charge < -0.3 is 10.4 Å². The van der Waals surface area contributed by atoms with Crippen molar-refractivity contribution in [3.63, 3.8) is 0 Å². The molecule has 130 valence electrons. The third-order valence-corrected chi connectivity index (χ3v) is 4.64. The standard InChI is InChI=1S/C16H14N2O6S/c19-7-6-18-15(20)9-13(16(18)21)17-11-4-5-12-10(8-11)2-1-3-14(12)25(22,23)24/h1-5,8-9,17,19H,6-7H2,(H,22,23,24). The molecule has 0 saturated carbocycles. The van der Waals surface area contributed by atoms with Gasteiger partial charge in [0.1, 0.15) is 10.6 Å². The van der Waals surface area contributed by atoms with Crippen LogP contribution in [0.4, 0.5) is 5.69 Å². The van der Waals surface area contributed by atoms with Crippen molar-refractivity contribution in [3.05, 3.63) is 48.2 Å². The molecule has 0 aromatic heterocycles. The number of imide groups is 1. The molecule has 1 aliphatic rings. The Morgan fingerprint density at radius 2 is 1.88 bits per heavy atom. The number of amides is 2. The first kappa shape index (κ1) is 17.1. The van der Waals surface area contributed by atoms with Gasteiger partial charge >= 0.3 is 0 Å². The molecule has 0 aliphatic carbocycles. The Morgan fingerprint density at radius 3 is 2.56 bits per heavy atom. The highest BCUT2D eigenvalue weighted by Gasteiger charge is 2.30. The van der Waals surface area contributed by atoms with Crippen molar-refractivity contribution in [1.82, 2.24) is 4.90 Å². The summed E-state index contributed by atoms with van der Waals surface area (Å²) in [6.07, 6.45) is 1.14. The number of β-amino-alcohol motifs (C(OH)–C–C–N with tert-alkyl or cyclic N) is 1. The van der Waals surface area contributed by atoms with E-state index in [-0.39, 0.29) is 23.7 Å². The summed E-state index contributed by atoms with van der Waals surface area (Å²) < 4.78 is 32.1. The smallest absolute Gasteiger partial charge is 0.295 e. The molecule has 0 radical (unpaired) electrons. The number of hydrogen-bond donors (Lipinski definition) is 3. The van der Waals surface area contributed by atoms with Crippen molar-refractivity contribution in [2.45, 2.75) is 4.90 Å². The van der Waals surface area contributed by atoms with Crippen LogP contribution in [0.2, 0.25) is 0 Å². The van der Waals surface area contributed by atoms with Crippen LogP contribution in [0, 0.1) is 0 Å². The lowest BCUT2D eigenvalue weighted by atomic mass is 10.1. The predicted octanol–water partition coefficient (Wildman–Crippen LogP) is 0.743. The molecule has 0 fully saturated rings. The number of hydrogen-bond acceptors (Lipinski definition) is 6. The highest BCUT2D eigenvalue weighted by Crippen LogP contribution is 2.27. The zero-order valence-corrected chi connectivity index (χ0v) is 13.7. The first-order chi connectivity index (χ1) is 11.8. The Morgan fingerprint density at radius 1 is 1.12 bits per heavy atom. The summed E-state index contributed by atoms with van der Waals surface area (Å²) in [6.45, 7) is -0.415. The van der Waals surface area contributed by atoms with Crippen molar-refractivity contribution in [2.75, 3.05) is 18.5 Å². The number of nitrogens with zero attached hydrogens (tertiary/aromatic N) is 1. The molecule has 25 heavy (non-hydrogen) atoms. The second-order valence-electron chi connectivity index (χ2n) is 5.37. The van der Waals surface area contributed by atoms with E-state index in [4.69, 9.17) is 5.11 Å². The maximum atomic E-state index is 12.1. The van der Waals surface area contributed by atoms with Crippen LogP contribution in [-0.2, 0) is 19.7 Å². The van der Waals surface area contributed by atoms with E-state index < -0.39 is 21.9 Å². The Balaban J connectivity index is 1.93. The second kappa shape index (κ2) is 6.28. The number of nitrogens with one attached hydrogen (secondary N) is 1. The molecule has 3 N–H and O–H groups in total. The monoisotopic (exact) mass is 362 g/mol. The zero-order valence-electron chi connectivity index (χ0n) is 12.8. The van der Waals surface area contributed by atoms with Gasteiger partial charge in [-0.25, -0.2) is 0 Å². The molecule has 3 rings (SSSR count). The van der Waals surface area contributed by atoms with Crippen molar-refractivity contribution in [2.24, 2.45) is 0 Å². The summed E-state index contributed by atoms with van der Waals surface area (Å²) in [7, 11) is -4.36. The van der Waals surface area contributed by atoms with Gasteiger partial charge in [-0.05, 0) is 23.6 Å². The lowest BCUT2D eigenvalue weighted by Gasteiger charge is -2.13. The highest BCUT2D eigenvalue weighted by atomic mass is 32.2. The largest absolute Gasteiger partial charge is 0.395 e. The van der Waals surface area contributed by atoms with Crippen LogP contribution in [0.5, 0.6) is 0 Å². The van der Waals surface area contributed by atoms with Crippen LogP contribution in [0.15, 0.2) is 53.1 Å². The molecular formula is C16H14N2O6S. The maximum absolute atomic E-state index is 12.1. The minimum atomic E-state index is -4.36. The van der Waals surface area contributed by atoms with Gasteiger partial charge in [-0.1, -0.05) is 18.2 Å². The van der Waals surface area contributed by atoms with Gasteiger partial charge in [0.25, 0.3) is 21.9 Å². The SMILES string of the molecule is O=C1C=C(Nc2ccc3c(S(=O)(=O)O)cccc3c2)C(=O)N1CCO. The van der Waals surface area contributed by atoms with Crippen LogP contribution < -0.4 is 5.32 Å². The number of rotatable bonds is 5. The average Bonchev–Trinajstić information content (AvgIpc) is 2.81. The molecule has 9 heteroatoms. The third kappa shape index (κ3) is 3.25. The molecule has 0 saturated heterocycles. The summed E-state index contributed by atoms with van der Waals surface area (Å²) in [5.41, 5.74) is 0.530. The van der Waals surface area contributed by atoms with Gasteiger partial charge in [-0.3, -0.25) is 19.0 Å². The van der Waals surface area contributed by atoms with Gasteiger partial charge in [-0.2, -0.15) is 8.42 Å². The molecule has 0 atom stereocenters. The van der Waals surface area contributed by atoms with Crippen LogP contribution in [0.3, 0.4) is 0 Å². The van der Waals surface area contributed by atoms with E-state index in [1.807, 2.05) is 0 Å². The lowest BCUT2D eigenvalue weighted by Crippen LogP contribution is -2.34. The number of benzene rings is 2. The van der Waals surface area contributed by atoms with E-state index in [0.717, 1.165) is 11.0 Å². The summed E-state index contributed by atoms with van der Waals surface area (Å²) in [5.74, 6) is -1.07. The van der Waals surface area contributed by atoms with Gasteiger partial charge in [0, 0.05) is 17.1 Å². The quantitative estimate of drug-likeness (QED) is 0.529. The van der Waals surface area contributed by atoms with E-state index in [9.17, 15) is 22.6 Å². The van der Waals surface area contributed by atoms with E-state index in [0.29, 0.717) is 16.5 Å². The Hall–Kier alpha value is -2.75. The van der Waals surface area contributed by atoms with Gasteiger partial charge in [-0.15, -0.1) is 0 Å². The fourth-order valence-electron chi connectivity index (χ4n) is 2.62. The molecule has 0 bridgehead atoms. The molecule has 2 amide bonds. The van der Waals surface area contributed by atoms with Gasteiger partial charge in [0.05, 0.1) is 13.2 Å². The van der Waals surface area contributed by atoms with E-state index in [1.54, 1.807) is 12.1 Å². The number of carbonyl (C=O) groups excluding carboxylic acids is 2. The molecule has 0 unspecified atom stereocenters. The number of carbonyl (C=O) groups is 2. The number of fused-ring (bicyclic) bond motifs is 1.